The van der Waals surface area contributed by atoms with E-state index in [1.165, 1.54) is 12.1 Å². The van der Waals surface area contributed by atoms with Crippen molar-refractivity contribution in [3.63, 3.8) is 0 Å². The number of nitrogens with zero attached hydrogens (tertiary/aromatic N) is 1. The largest absolute Gasteiger partial charge is 0.494 e. The second-order valence-electron chi connectivity index (χ2n) is 8.66. The highest BCUT2D eigenvalue weighted by Gasteiger charge is 2.29. The first-order valence-electron chi connectivity index (χ1n) is 12.0. The minimum absolute atomic E-state index is 0.0437. The third-order valence-electron chi connectivity index (χ3n) is 5.89. The van der Waals surface area contributed by atoms with Crippen molar-refractivity contribution in [1.82, 2.24) is 4.90 Å². The van der Waals surface area contributed by atoms with Crippen molar-refractivity contribution >= 4 is 17.5 Å². The molecular formula is C26H35FN4O4. The quantitative estimate of drug-likeness (QED) is 0.251. The molecule has 1 saturated heterocycles. The van der Waals surface area contributed by atoms with Crippen LogP contribution in [0.1, 0.15) is 43.9 Å². The van der Waals surface area contributed by atoms with Crippen molar-refractivity contribution in [2.45, 2.75) is 32.7 Å². The monoisotopic (exact) mass is 486 g/mol. The average Bonchev–Trinajstić information content (AvgIpc) is 2.83. The molecule has 0 aliphatic carbocycles. The van der Waals surface area contributed by atoms with Crippen LogP contribution in [0.25, 0.3) is 0 Å². The molecule has 1 unspecified atom stereocenters. The molecule has 1 aliphatic heterocycles. The molecule has 0 amide bonds. The predicted octanol–water partition coefficient (Wildman–Crippen LogP) is 3.95. The number of halogens is 1. The molecule has 2 atom stereocenters. The second-order valence-corrected chi connectivity index (χ2v) is 8.66. The van der Waals surface area contributed by atoms with Crippen molar-refractivity contribution in [1.29, 1.82) is 5.41 Å². The van der Waals surface area contributed by atoms with Gasteiger partial charge >= 0.3 is 5.97 Å². The Morgan fingerprint density at radius 1 is 1.23 bits per heavy atom. The Morgan fingerprint density at radius 3 is 2.60 bits per heavy atom. The molecule has 3 rings (SSSR count). The average molecular weight is 487 g/mol. The number of nitrogen functional groups attached to an aromatic ring is 1. The molecule has 2 aromatic rings. The maximum Gasteiger partial charge on any atom is 0.333 e. The molecule has 0 saturated carbocycles. The van der Waals surface area contributed by atoms with Gasteiger partial charge in [-0.1, -0.05) is 0 Å². The predicted molar refractivity (Wildman–Crippen MR) is 134 cm³/mol. The lowest BCUT2D eigenvalue weighted by molar-refractivity contribution is -0.144. The summed E-state index contributed by atoms with van der Waals surface area (Å²) in [6, 6.07) is 8.53. The minimum Gasteiger partial charge on any atom is -0.494 e. The number of hydrogen-bond acceptors (Lipinski definition) is 7. The molecule has 0 aromatic heterocycles. The Kier molecular flexibility index (Phi) is 9.31. The lowest BCUT2D eigenvalue weighted by Gasteiger charge is -2.29. The molecule has 0 bridgehead atoms. The number of carbonyl (C=O) groups excluding carboxylic acids is 1. The number of amidine groups is 1. The maximum atomic E-state index is 15.8. The third-order valence-corrected chi connectivity index (χ3v) is 5.89. The smallest absolute Gasteiger partial charge is 0.333 e. The van der Waals surface area contributed by atoms with E-state index in [4.69, 9.17) is 25.4 Å². The minimum atomic E-state index is -1.14. The maximum absolute atomic E-state index is 15.8. The first-order chi connectivity index (χ1) is 16.8. The molecule has 0 spiro atoms. The van der Waals surface area contributed by atoms with Gasteiger partial charge in [-0.2, -0.15) is 0 Å². The number of nitrogens with one attached hydrogen (secondary N) is 2. The molecule has 1 aliphatic rings. The summed E-state index contributed by atoms with van der Waals surface area (Å²) in [4.78, 5) is 15.1. The number of hydrogen-bond donors (Lipinski definition) is 3. The van der Waals surface area contributed by atoms with Crippen LogP contribution in [-0.2, 0) is 9.53 Å². The van der Waals surface area contributed by atoms with Crippen LogP contribution >= 0.6 is 0 Å². The van der Waals surface area contributed by atoms with Crippen LogP contribution in [0.15, 0.2) is 36.4 Å². The number of likely N-dealkylation sites (tertiary alicyclic amines) is 1. The second kappa shape index (κ2) is 12.4. The highest BCUT2D eigenvalue weighted by Crippen LogP contribution is 2.34. The van der Waals surface area contributed by atoms with Gasteiger partial charge in [-0.25, -0.2) is 9.18 Å². The third kappa shape index (κ3) is 7.08. The van der Waals surface area contributed by atoms with E-state index in [0.717, 1.165) is 25.9 Å². The zero-order valence-corrected chi connectivity index (χ0v) is 20.6. The number of benzene rings is 2. The number of esters is 1. The normalized spacial score (nSPS) is 16.9. The van der Waals surface area contributed by atoms with Crippen molar-refractivity contribution in [2.75, 3.05) is 45.3 Å². The summed E-state index contributed by atoms with van der Waals surface area (Å²) in [5, 5.41) is 10.6. The van der Waals surface area contributed by atoms with Gasteiger partial charge in [-0.3, -0.25) is 5.41 Å². The highest BCUT2D eigenvalue weighted by molar-refractivity contribution is 5.95. The van der Waals surface area contributed by atoms with Crippen LogP contribution in [0.5, 0.6) is 11.5 Å². The van der Waals surface area contributed by atoms with Gasteiger partial charge in [0.2, 0.25) is 0 Å². The molecule has 190 valence electrons. The zero-order chi connectivity index (χ0) is 25.4. The Hall–Kier alpha value is -3.33. The van der Waals surface area contributed by atoms with Crippen molar-refractivity contribution in [3.8, 4) is 11.5 Å². The zero-order valence-electron chi connectivity index (χ0n) is 20.6. The molecule has 4 N–H and O–H groups in total. The summed E-state index contributed by atoms with van der Waals surface area (Å²) >= 11 is 0. The van der Waals surface area contributed by atoms with E-state index in [1.54, 1.807) is 31.2 Å². The molecule has 2 aromatic carbocycles. The summed E-state index contributed by atoms with van der Waals surface area (Å²) in [5.41, 5.74) is 6.68. The van der Waals surface area contributed by atoms with E-state index >= 15 is 4.39 Å². The van der Waals surface area contributed by atoms with Gasteiger partial charge in [0.25, 0.3) is 0 Å². The van der Waals surface area contributed by atoms with Gasteiger partial charge in [-0.15, -0.1) is 0 Å². The first-order valence-corrected chi connectivity index (χ1v) is 12.0. The lowest BCUT2D eigenvalue weighted by Crippen LogP contribution is -2.34. The number of piperidine rings is 1. The van der Waals surface area contributed by atoms with Gasteiger partial charge in [0.15, 0.2) is 17.6 Å². The van der Waals surface area contributed by atoms with Gasteiger partial charge in [0, 0.05) is 35.3 Å². The van der Waals surface area contributed by atoms with Crippen molar-refractivity contribution in [2.24, 2.45) is 11.7 Å². The molecule has 8 nitrogen and oxygen atoms in total. The summed E-state index contributed by atoms with van der Waals surface area (Å²) in [5.74, 6) is -0.588. The Bertz CT molecular complexity index is 1020. The number of rotatable bonds is 11. The molecule has 35 heavy (non-hydrogen) atoms. The van der Waals surface area contributed by atoms with Gasteiger partial charge in [-0.05, 0) is 70.6 Å². The number of anilines is 1. The fourth-order valence-electron chi connectivity index (χ4n) is 4.18. The Balaban J connectivity index is 1.92. The van der Waals surface area contributed by atoms with Crippen LogP contribution in [0.3, 0.4) is 0 Å². The summed E-state index contributed by atoms with van der Waals surface area (Å²) in [6.07, 6.45) is 2.10. The fourth-order valence-corrected chi connectivity index (χ4v) is 4.18. The number of nitrogens with two attached hydrogens (primary N) is 1. The summed E-state index contributed by atoms with van der Waals surface area (Å²) in [6.45, 7) is 6.37. The number of carbonyl (C=O) groups is 1. The van der Waals surface area contributed by atoms with Crippen LogP contribution in [0.2, 0.25) is 0 Å². The number of ether oxygens (including phenoxy) is 3. The topological polar surface area (TPSA) is 110 Å². The Labute approximate surface area is 206 Å². The van der Waals surface area contributed by atoms with E-state index in [1.807, 2.05) is 6.92 Å². The van der Waals surface area contributed by atoms with Gasteiger partial charge < -0.3 is 30.2 Å². The Morgan fingerprint density at radius 2 is 1.97 bits per heavy atom. The molecule has 1 fully saturated rings. The SMILES string of the molecule is CCOC(=O)C(Nc1ccc(C(=N)N)cc1)c1cc(OCC)cc(OC[C@H]2CCCN(C)C2)c1F. The van der Waals surface area contributed by atoms with E-state index < -0.39 is 17.8 Å². The lowest BCUT2D eigenvalue weighted by atomic mass is 9.99. The molecular weight excluding hydrogens is 451 g/mol. The summed E-state index contributed by atoms with van der Waals surface area (Å²) in [7, 11) is 2.07. The van der Waals surface area contributed by atoms with E-state index in [9.17, 15) is 4.79 Å². The van der Waals surface area contributed by atoms with E-state index in [0.29, 0.717) is 36.1 Å². The van der Waals surface area contributed by atoms with Gasteiger partial charge in [0.05, 0.1) is 19.8 Å². The standard InChI is InChI=1S/C26H35FN4O4/c1-4-33-20-13-21(23(27)22(14-20)35-16-17-7-6-12-31(3)15-17)24(26(32)34-5-2)30-19-10-8-18(9-11-19)25(28)29/h8-11,13-14,17,24,30H,4-7,12,15-16H2,1-3H3,(H3,28,29)/t17-,24?/m0/s1. The van der Waals surface area contributed by atoms with Crippen LogP contribution in [-0.4, -0.2) is 56.7 Å². The van der Waals surface area contributed by atoms with Crippen LogP contribution < -0.4 is 20.5 Å². The van der Waals surface area contributed by atoms with Crippen molar-refractivity contribution in [3.05, 3.63) is 53.3 Å². The summed E-state index contributed by atoms with van der Waals surface area (Å²) < 4.78 is 32.6. The molecule has 0 radical (unpaired) electrons. The van der Waals surface area contributed by atoms with Crippen LogP contribution in [0.4, 0.5) is 10.1 Å². The molecule has 9 heteroatoms. The van der Waals surface area contributed by atoms with Gasteiger partial charge in [0.1, 0.15) is 11.6 Å². The van der Waals surface area contributed by atoms with E-state index in [-0.39, 0.29) is 23.8 Å². The molecule has 1 heterocycles. The van der Waals surface area contributed by atoms with Crippen LogP contribution in [0, 0.1) is 17.1 Å². The highest BCUT2D eigenvalue weighted by atomic mass is 19.1. The first kappa shape index (κ1) is 26.3. The van der Waals surface area contributed by atoms with E-state index in [2.05, 4.69) is 17.3 Å². The van der Waals surface area contributed by atoms with Crippen molar-refractivity contribution < 1.29 is 23.4 Å². The fraction of sp³-hybridized carbons (Fsp3) is 0.462.